The smallest absolute Gasteiger partial charge is 0.329 e. The topological polar surface area (TPSA) is 76.3 Å². The first-order chi connectivity index (χ1) is 14.0. The Hall–Kier alpha value is -2.54. The highest BCUT2D eigenvalue weighted by molar-refractivity contribution is 9.10. The highest BCUT2D eigenvalue weighted by atomic mass is 79.9. The zero-order valence-corrected chi connectivity index (χ0v) is 17.9. The molecule has 1 unspecified atom stereocenters. The summed E-state index contributed by atoms with van der Waals surface area (Å²) in [6, 6.07) is 11.8. The average molecular weight is 458 g/mol. The predicted octanol–water partition coefficient (Wildman–Crippen LogP) is 4.08. The number of anilines is 1. The van der Waals surface area contributed by atoms with E-state index in [2.05, 4.69) is 33.4 Å². The van der Waals surface area contributed by atoms with Gasteiger partial charge < -0.3 is 10.4 Å². The minimum absolute atomic E-state index is 0.159. The minimum atomic E-state index is -0.855. The molecule has 0 aliphatic carbocycles. The monoisotopic (exact) mass is 457 g/mol. The molecule has 6 nitrogen and oxygen atoms in total. The first kappa shape index (κ1) is 19.8. The number of carboxylic acid groups (broad SMARTS) is 1. The molecule has 4 rings (SSSR count). The van der Waals surface area contributed by atoms with E-state index >= 15 is 0 Å². The van der Waals surface area contributed by atoms with Crippen LogP contribution in [0.1, 0.15) is 30.9 Å². The van der Waals surface area contributed by atoms with Crippen LogP contribution < -0.4 is 11.0 Å². The van der Waals surface area contributed by atoms with E-state index in [1.54, 1.807) is 9.13 Å². The van der Waals surface area contributed by atoms with Gasteiger partial charge in [-0.3, -0.25) is 13.9 Å². The third-order valence-corrected chi connectivity index (χ3v) is 6.10. The highest BCUT2D eigenvalue weighted by Gasteiger charge is 2.23. The molecule has 29 heavy (non-hydrogen) atoms. The van der Waals surface area contributed by atoms with Gasteiger partial charge in [-0.2, -0.15) is 0 Å². The van der Waals surface area contributed by atoms with Crippen molar-refractivity contribution in [3.8, 4) is 0 Å². The van der Waals surface area contributed by atoms with Crippen molar-refractivity contribution in [3.63, 3.8) is 0 Å². The van der Waals surface area contributed by atoms with Crippen LogP contribution in [0.4, 0.5) is 5.69 Å². The normalized spacial score (nSPS) is 14.0. The largest absolute Gasteiger partial charge is 0.481 e. The van der Waals surface area contributed by atoms with E-state index in [4.69, 9.17) is 0 Å². The molecule has 1 aliphatic rings. The van der Waals surface area contributed by atoms with Gasteiger partial charge in [-0.1, -0.05) is 41.4 Å². The number of hydrogen-bond donors (Lipinski definition) is 2. The molecule has 0 bridgehead atoms. The van der Waals surface area contributed by atoms with Gasteiger partial charge in [0, 0.05) is 23.2 Å². The van der Waals surface area contributed by atoms with E-state index in [-0.39, 0.29) is 12.2 Å². The summed E-state index contributed by atoms with van der Waals surface area (Å²) in [5, 5.41) is 13.0. The minimum Gasteiger partial charge on any atom is -0.481 e. The van der Waals surface area contributed by atoms with Crippen molar-refractivity contribution in [2.24, 2.45) is 5.92 Å². The number of carboxylic acids is 1. The summed E-state index contributed by atoms with van der Waals surface area (Å²) in [5.74, 6) is -1.43. The molecule has 0 spiro atoms. The number of aliphatic carboxylic acids is 1. The summed E-state index contributed by atoms with van der Waals surface area (Å²) in [6.07, 6.45) is 2.25. The van der Waals surface area contributed by atoms with Gasteiger partial charge in [0.15, 0.2) is 0 Å². The fourth-order valence-corrected chi connectivity index (χ4v) is 4.75. The van der Waals surface area contributed by atoms with Gasteiger partial charge in [0.05, 0.1) is 23.5 Å². The molecule has 1 aromatic heterocycles. The molecular weight excluding hydrogens is 434 g/mol. The van der Waals surface area contributed by atoms with Gasteiger partial charge in [-0.25, -0.2) is 4.79 Å². The molecule has 2 heterocycles. The number of carbonyl (C=O) groups is 1. The Balaban J connectivity index is 1.80. The Kier molecular flexibility index (Phi) is 5.50. The fourth-order valence-electron chi connectivity index (χ4n) is 4.24. The van der Waals surface area contributed by atoms with E-state index in [1.807, 2.05) is 31.2 Å². The van der Waals surface area contributed by atoms with E-state index in [0.717, 1.165) is 46.1 Å². The average Bonchev–Trinajstić information content (AvgIpc) is 3.26. The van der Waals surface area contributed by atoms with Crippen LogP contribution >= 0.6 is 15.9 Å². The Bertz CT molecular complexity index is 1130. The number of halogens is 1. The lowest BCUT2D eigenvalue weighted by atomic mass is 10.0. The van der Waals surface area contributed by atoms with Gasteiger partial charge in [-0.05, 0) is 48.2 Å². The van der Waals surface area contributed by atoms with E-state index in [0.29, 0.717) is 13.0 Å². The number of nitrogens with one attached hydrogen (secondary N) is 1. The number of rotatable bonds is 7. The van der Waals surface area contributed by atoms with Gasteiger partial charge in [0.1, 0.15) is 0 Å². The van der Waals surface area contributed by atoms with Crippen molar-refractivity contribution in [2.75, 3.05) is 11.9 Å². The quantitative estimate of drug-likeness (QED) is 0.560. The molecular formula is C22H24BrN3O3. The number of aromatic nitrogens is 2. The first-order valence-electron chi connectivity index (χ1n) is 9.95. The Labute approximate surface area is 177 Å². The van der Waals surface area contributed by atoms with Crippen LogP contribution in [0.5, 0.6) is 0 Å². The van der Waals surface area contributed by atoms with Crippen LogP contribution in [0.3, 0.4) is 0 Å². The standard InChI is InChI=1S/C22H24BrN3O3/c1-2-5-14(21(27)28)12-25-19-6-3-4-7-20(19)26(22(25)29)13-15-10-16(23)11-18-17(15)8-9-24-18/h3-4,6-7,10-11,14,24H,2,5,8-9,12-13H2,1H3,(H,27,28). The molecule has 152 valence electrons. The van der Waals surface area contributed by atoms with Gasteiger partial charge in [0.2, 0.25) is 0 Å². The maximum atomic E-state index is 13.3. The fraction of sp³-hybridized carbons (Fsp3) is 0.364. The lowest BCUT2D eigenvalue weighted by Gasteiger charge is -2.12. The molecule has 2 aromatic carbocycles. The summed E-state index contributed by atoms with van der Waals surface area (Å²) in [6.45, 7) is 3.51. The highest BCUT2D eigenvalue weighted by Crippen LogP contribution is 2.31. The summed E-state index contributed by atoms with van der Waals surface area (Å²) >= 11 is 3.57. The van der Waals surface area contributed by atoms with Crippen molar-refractivity contribution in [3.05, 3.63) is 62.5 Å². The third kappa shape index (κ3) is 3.71. The van der Waals surface area contributed by atoms with Crippen LogP contribution in [-0.4, -0.2) is 26.8 Å². The van der Waals surface area contributed by atoms with Crippen molar-refractivity contribution >= 4 is 38.6 Å². The van der Waals surface area contributed by atoms with Crippen molar-refractivity contribution in [1.82, 2.24) is 9.13 Å². The molecule has 2 N–H and O–H groups in total. The molecule has 0 fully saturated rings. The molecule has 0 saturated carbocycles. The van der Waals surface area contributed by atoms with E-state index in [1.165, 1.54) is 5.56 Å². The Morgan fingerprint density at radius 2 is 1.97 bits per heavy atom. The van der Waals surface area contributed by atoms with Gasteiger partial charge >= 0.3 is 11.7 Å². The van der Waals surface area contributed by atoms with Crippen LogP contribution in [0.2, 0.25) is 0 Å². The number of para-hydroxylation sites is 2. The molecule has 7 heteroatoms. The van der Waals surface area contributed by atoms with Crippen molar-refractivity contribution in [1.29, 1.82) is 0 Å². The number of imidazole rings is 1. The van der Waals surface area contributed by atoms with Crippen molar-refractivity contribution < 1.29 is 9.90 Å². The summed E-state index contributed by atoms with van der Waals surface area (Å²) < 4.78 is 4.37. The number of fused-ring (bicyclic) bond motifs is 2. The summed E-state index contributed by atoms with van der Waals surface area (Å²) in [5.41, 5.74) is 4.91. The second-order valence-electron chi connectivity index (χ2n) is 7.56. The Morgan fingerprint density at radius 3 is 2.66 bits per heavy atom. The zero-order chi connectivity index (χ0) is 20.5. The molecule has 0 radical (unpaired) electrons. The molecule has 1 atom stereocenters. The predicted molar refractivity (Wildman–Crippen MR) is 118 cm³/mol. The summed E-state index contributed by atoms with van der Waals surface area (Å²) in [4.78, 5) is 25.0. The van der Waals surface area contributed by atoms with Crippen LogP contribution in [0.25, 0.3) is 11.0 Å². The lowest BCUT2D eigenvalue weighted by Crippen LogP contribution is -2.30. The number of nitrogens with zero attached hydrogens (tertiary/aromatic N) is 2. The second-order valence-corrected chi connectivity index (χ2v) is 8.48. The molecule has 3 aromatic rings. The van der Waals surface area contributed by atoms with E-state index in [9.17, 15) is 14.7 Å². The third-order valence-electron chi connectivity index (χ3n) is 5.64. The van der Waals surface area contributed by atoms with E-state index < -0.39 is 11.9 Å². The molecule has 0 saturated heterocycles. The lowest BCUT2D eigenvalue weighted by molar-refractivity contribution is -0.142. The van der Waals surface area contributed by atoms with Crippen molar-refractivity contribution in [2.45, 2.75) is 39.3 Å². The van der Waals surface area contributed by atoms with Gasteiger partial charge in [0.25, 0.3) is 0 Å². The second kappa shape index (κ2) is 8.06. The van der Waals surface area contributed by atoms with Crippen LogP contribution in [0, 0.1) is 5.92 Å². The maximum absolute atomic E-state index is 13.3. The maximum Gasteiger partial charge on any atom is 0.329 e. The van der Waals surface area contributed by atoms with Gasteiger partial charge in [-0.15, -0.1) is 0 Å². The Morgan fingerprint density at radius 1 is 1.24 bits per heavy atom. The summed E-state index contributed by atoms with van der Waals surface area (Å²) in [7, 11) is 0. The van der Waals surface area contributed by atoms with Crippen LogP contribution in [-0.2, 0) is 24.3 Å². The molecule has 1 aliphatic heterocycles. The number of benzene rings is 2. The zero-order valence-electron chi connectivity index (χ0n) is 16.3. The number of hydrogen-bond acceptors (Lipinski definition) is 3. The molecule has 0 amide bonds. The SMILES string of the molecule is CCCC(Cn1c(=O)n(Cc2cc(Br)cc3c2CCN3)c2ccccc21)C(=O)O. The van der Waals surface area contributed by atoms with Crippen LogP contribution in [0.15, 0.2) is 45.7 Å². The first-order valence-corrected chi connectivity index (χ1v) is 10.7.